The van der Waals surface area contributed by atoms with Gasteiger partial charge in [-0.3, -0.25) is 4.99 Å². The van der Waals surface area contributed by atoms with Crippen molar-refractivity contribution in [3.63, 3.8) is 0 Å². The van der Waals surface area contributed by atoms with Crippen LogP contribution in [0.1, 0.15) is 6.92 Å². The van der Waals surface area contributed by atoms with Gasteiger partial charge in [0.2, 0.25) is 0 Å². The first-order valence-electron chi connectivity index (χ1n) is 3.26. The Bertz CT molecular complexity index is 145. The number of amidine groups is 1. The molecule has 0 fully saturated rings. The summed E-state index contributed by atoms with van der Waals surface area (Å²) in [5, 5.41) is 3.08. The Morgan fingerprint density at radius 3 is 2.90 bits per heavy atom. The molecule has 0 unspecified atom stereocenters. The van der Waals surface area contributed by atoms with Gasteiger partial charge < -0.3 is 5.32 Å². The van der Waals surface area contributed by atoms with Gasteiger partial charge in [0.05, 0.1) is 5.84 Å². The summed E-state index contributed by atoms with van der Waals surface area (Å²) in [4.78, 5) is 3.93. The molecular formula is C8H14N2. The van der Waals surface area contributed by atoms with E-state index in [4.69, 9.17) is 0 Å². The fourth-order valence-corrected chi connectivity index (χ4v) is 0.450. The van der Waals surface area contributed by atoms with Crippen LogP contribution in [-0.2, 0) is 0 Å². The monoisotopic (exact) mass is 138 g/mol. The van der Waals surface area contributed by atoms with Crippen molar-refractivity contribution in [1.29, 1.82) is 0 Å². The molecule has 0 rings (SSSR count). The van der Waals surface area contributed by atoms with Crippen LogP contribution in [-0.4, -0.2) is 19.4 Å². The van der Waals surface area contributed by atoms with Gasteiger partial charge in [-0.1, -0.05) is 24.8 Å². The first-order chi connectivity index (χ1) is 4.81. The van der Waals surface area contributed by atoms with Gasteiger partial charge in [-0.15, -0.1) is 0 Å². The molecule has 2 heteroatoms. The van der Waals surface area contributed by atoms with E-state index in [9.17, 15) is 0 Å². The Labute approximate surface area is 62.4 Å². The maximum atomic E-state index is 3.93. The van der Waals surface area contributed by atoms with E-state index in [1.54, 1.807) is 13.1 Å². The Balaban J connectivity index is 3.36. The van der Waals surface area contributed by atoms with Crippen molar-refractivity contribution in [1.82, 2.24) is 5.32 Å². The number of hydrogen-bond acceptors (Lipinski definition) is 1. The standard InChI is InChI=1S/C8H14N2/c1-4-5-6-7-10-8(2)9-3/h4-6H,1,7H2,2-3H3,(H,9,10)/b6-5-. The van der Waals surface area contributed by atoms with Gasteiger partial charge in [0.15, 0.2) is 0 Å². The lowest BCUT2D eigenvalue weighted by Gasteiger charge is -1.98. The van der Waals surface area contributed by atoms with Crippen LogP contribution < -0.4 is 5.32 Å². The number of hydrogen-bond donors (Lipinski definition) is 1. The van der Waals surface area contributed by atoms with Gasteiger partial charge in [0, 0.05) is 13.6 Å². The Kier molecular flexibility index (Phi) is 5.44. The number of allylic oxidation sites excluding steroid dienone is 2. The molecule has 10 heavy (non-hydrogen) atoms. The molecular weight excluding hydrogens is 124 g/mol. The predicted octanol–water partition coefficient (Wildman–Crippen LogP) is 1.37. The van der Waals surface area contributed by atoms with Crippen LogP contribution >= 0.6 is 0 Å². The zero-order valence-electron chi connectivity index (χ0n) is 6.59. The molecule has 2 nitrogen and oxygen atoms in total. The molecule has 0 atom stereocenters. The Hall–Kier alpha value is -1.05. The molecule has 56 valence electrons. The second-order valence-electron chi connectivity index (χ2n) is 1.85. The van der Waals surface area contributed by atoms with Crippen molar-refractivity contribution in [2.75, 3.05) is 13.6 Å². The molecule has 0 heterocycles. The van der Waals surface area contributed by atoms with Crippen molar-refractivity contribution in [2.45, 2.75) is 6.92 Å². The molecule has 0 saturated heterocycles. The number of nitrogens with zero attached hydrogens (tertiary/aromatic N) is 1. The van der Waals surface area contributed by atoms with Crippen molar-refractivity contribution in [2.24, 2.45) is 4.99 Å². The summed E-state index contributed by atoms with van der Waals surface area (Å²) in [5.74, 6) is 0.953. The van der Waals surface area contributed by atoms with E-state index in [2.05, 4.69) is 16.9 Å². The topological polar surface area (TPSA) is 24.4 Å². The summed E-state index contributed by atoms with van der Waals surface area (Å²) in [7, 11) is 1.76. The molecule has 0 aromatic carbocycles. The lowest BCUT2D eigenvalue weighted by atomic mass is 10.5. The van der Waals surface area contributed by atoms with Crippen LogP contribution in [0.15, 0.2) is 29.8 Å². The van der Waals surface area contributed by atoms with E-state index in [1.807, 2.05) is 19.1 Å². The molecule has 0 radical (unpaired) electrons. The largest absolute Gasteiger partial charge is 0.371 e. The minimum Gasteiger partial charge on any atom is -0.371 e. The highest BCUT2D eigenvalue weighted by Crippen LogP contribution is 1.72. The SMILES string of the molecule is C=C/C=C\CNC(C)=NC. The minimum atomic E-state index is 0.815. The van der Waals surface area contributed by atoms with E-state index in [-0.39, 0.29) is 0 Å². The van der Waals surface area contributed by atoms with E-state index < -0.39 is 0 Å². The third-order valence-electron chi connectivity index (χ3n) is 1.08. The Morgan fingerprint density at radius 1 is 1.70 bits per heavy atom. The first-order valence-corrected chi connectivity index (χ1v) is 3.26. The summed E-state index contributed by atoms with van der Waals surface area (Å²) < 4.78 is 0. The van der Waals surface area contributed by atoms with Crippen molar-refractivity contribution >= 4 is 5.84 Å². The summed E-state index contributed by atoms with van der Waals surface area (Å²) in [6.45, 7) is 6.30. The molecule has 0 spiro atoms. The van der Waals surface area contributed by atoms with E-state index in [1.165, 1.54) is 0 Å². The van der Waals surface area contributed by atoms with Crippen molar-refractivity contribution < 1.29 is 0 Å². The zero-order chi connectivity index (χ0) is 7.82. The van der Waals surface area contributed by atoms with Gasteiger partial charge in [-0.2, -0.15) is 0 Å². The van der Waals surface area contributed by atoms with Gasteiger partial charge in [-0.05, 0) is 6.92 Å². The Morgan fingerprint density at radius 2 is 2.40 bits per heavy atom. The second kappa shape index (κ2) is 6.08. The van der Waals surface area contributed by atoms with Crippen LogP contribution in [0.25, 0.3) is 0 Å². The smallest absolute Gasteiger partial charge is 0.0930 e. The fraction of sp³-hybridized carbons (Fsp3) is 0.375. The quantitative estimate of drug-likeness (QED) is 0.355. The first kappa shape index (κ1) is 8.95. The predicted molar refractivity (Wildman–Crippen MR) is 46.4 cm³/mol. The molecule has 0 bridgehead atoms. The van der Waals surface area contributed by atoms with Crippen LogP contribution in [0.3, 0.4) is 0 Å². The van der Waals surface area contributed by atoms with E-state index >= 15 is 0 Å². The molecule has 0 aliphatic rings. The van der Waals surface area contributed by atoms with Gasteiger partial charge in [-0.25, -0.2) is 0 Å². The molecule has 0 aliphatic carbocycles. The summed E-state index contributed by atoms with van der Waals surface area (Å²) in [6, 6.07) is 0. The molecule has 0 amide bonds. The third-order valence-corrected chi connectivity index (χ3v) is 1.08. The molecule has 0 aromatic heterocycles. The normalized spacial score (nSPS) is 12.0. The van der Waals surface area contributed by atoms with Crippen molar-refractivity contribution in [3.8, 4) is 0 Å². The number of nitrogens with one attached hydrogen (secondary N) is 1. The summed E-state index contributed by atoms with van der Waals surface area (Å²) >= 11 is 0. The average Bonchev–Trinajstić information content (AvgIpc) is 1.98. The van der Waals surface area contributed by atoms with E-state index in [0.717, 1.165) is 12.4 Å². The van der Waals surface area contributed by atoms with Crippen LogP contribution in [0.4, 0.5) is 0 Å². The fourth-order valence-electron chi connectivity index (χ4n) is 0.450. The van der Waals surface area contributed by atoms with Crippen LogP contribution in [0.5, 0.6) is 0 Å². The van der Waals surface area contributed by atoms with Crippen LogP contribution in [0.2, 0.25) is 0 Å². The van der Waals surface area contributed by atoms with Gasteiger partial charge in [0.1, 0.15) is 0 Å². The lowest BCUT2D eigenvalue weighted by molar-refractivity contribution is 1.02. The van der Waals surface area contributed by atoms with Crippen LogP contribution in [0, 0.1) is 0 Å². The maximum Gasteiger partial charge on any atom is 0.0930 e. The highest BCUT2D eigenvalue weighted by Gasteiger charge is 1.80. The molecule has 0 aromatic rings. The summed E-state index contributed by atoms with van der Waals surface area (Å²) in [5.41, 5.74) is 0. The highest BCUT2D eigenvalue weighted by atomic mass is 15.0. The number of aliphatic imine (C=N–C) groups is 1. The van der Waals surface area contributed by atoms with Gasteiger partial charge in [0.25, 0.3) is 0 Å². The maximum absolute atomic E-state index is 3.93. The molecule has 0 aliphatic heterocycles. The summed E-state index contributed by atoms with van der Waals surface area (Å²) in [6.07, 6.45) is 5.64. The third kappa shape index (κ3) is 5.09. The average molecular weight is 138 g/mol. The van der Waals surface area contributed by atoms with Gasteiger partial charge >= 0.3 is 0 Å². The second-order valence-corrected chi connectivity index (χ2v) is 1.85. The van der Waals surface area contributed by atoms with E-state index in [0.29, 0.717) is 0 Å². The minimum absolute atomic E-state index is 0.815. The number of rotatable bonds is 3. The van der Waals surface area contributed by atoms with Crippen molar-refractivity contribution in [3.05, 3.63) is 24.8 Å². The molecule has 0 saturated carbocycles. The highest BCUT2D eigenvalue weighted by molar-refractivity contribution is 5.79. The zero-order valence-corrected chi connectivity index (χ0v) is 6.59. The molecule has 1 N–H and O–H groups in total. The lowest BCUT2D eigenvalue weighted by Crippen LogP contribution is -2.19.